The fraction of sp³-hybridized carbons (Fsp3) is 0.357. The molecule has 0 saturated carbocycles. The van der Waals surface area contributed by atoms with E-state index in [9.17, 15) is 9.59 Å². The molecule has 0 unspecified atom stereocenters. The smallest absolute Gasteiger partial charge is 0.159 e. The van der Waals surface area contributed by atoms with Crippen LogP contribution < -0.4 is 9.47 Å². The second-order valence-electron chi connectivity index (χ2n) is 5.77. The van der Waals surface area contributed by atoms with E-state index in [2.05, 4.69) is 0 Å². The summed E-state index contributed by atoms with van der Waals surface area (Å²) in [5, 5.41) is 2.14. The van der Waals surface area contributed by atoms with Crippen LogP contribution in [-0.2, 0) is 0 Å². The molecule has 0 aromatic heterocycles. The molecular weight excluding hydrogens is 400 g/mol. The molecule has 0 radical (unpaired) electrons. The maximum Gasteiger partial charge on any atom is 0.159 e. The molecule has 0 saturated heterocycles. The topological polar surface area (TPSA) is 52.6 Å². The summed E-state index contributed by atoms with van der Waals surface area (Å²) in [5.74, 6) is 1.77. The van der Waals surface area contributed by atoms with Crippen LogP contribution in [0.25, 0.3) is 10.8 Å². The van der Waals surface area contributed by atoms with Gasteiger partial charge in [-0.05, 0) is 67.1 Å². The van der Waals surface area contributed by atoms with Crippen molar-refractivity contribution in [2.75, 3.05) is 14.2 Å². The van der Waals surface area contributed by atoms with Crippen LogP contribution >= 0.6 is 0 Å². The third kappa shape index (κ3) is 10.8. The maximum absolute atomic E-state index is 11.2. The molecule has 0 aliphatic carbocycles. The highest BCUT2D eigenvalue weighted by Gasteiger charge is 2.01. The van der Waals surface area contributed by atoms with Crippen LogP contribution in [0.15, 0.2) is 60.7 Å². The van der Waals surface area contributed by atoms with Gasteiger partial charge in [0.05, 0.1) is 14.2 Å². The summed E-state index contributed by atoms with van der Waals surface area (Å²) in [7, 11) is 3.24. The van der Waals surface area contributed by atoms with Crippen molar-refractivity contribution in [3.05, 3.63) is 71.8 Å². The van der Waals surface area contributed by atoms with Gasteiger partial charge in [0.15, 0.2) is 11.6 Å². The maximum atomic E-state index is 11.2. The minimum atomic E-state index is 0. The second-order valence-corrected chi connectivity index (χ2v) is 5.77. The zero-order chi connectivity index (χ0) is 23.1. The van der Waals surface area contributed by atoms with Crippen LogP contribution in [0.1, 0.15) is 77.1 Å². The Hall–Kier alpha value is -3.14. The molecule has 0 heterocycles. The lowest BCUT2D eigenvalue weighted by Gasteiger charge is -2.03. The first-order valence-corrected chi connectivity index (χ1v) is 10.2. The highest BCUT2D eigenvalue weighted by molar-refractivity contribution is 5.98. The normalized spacial score (nSPS) is 8.38. The van der Waals surface area contributed by atoms with Gasteiger partial charge in [0, 0.05) is 11.1 Å². The molecular formula is C28H42O4. The Kier molecular flexibility index (Phi) is 19.5. The van der Waals surface area contributed by atoms with E-state index in [1.54, 1.807) is 52.3 Å². The molecule has 32 heavy (non-hydrogen) atoms. The third-order valence-corrected chi connectivity index (χ3v) is 3.95. The van der Waals surface area contributed by atoms with Gasteiger partial charge in [-0.3, -0.25) is 9.59 Å². The average Bonchev–Trinajstić information content (AvgIpc) is 2.81. The predicted molar refractivity (Wildman–Crippen MR) is 140 cm³/mol. The average molecular weight is 443 g/mol. The van der Waals surface area contributed by atoms with Gasteiger partial charge in [-0.2, -0.15) is 0 Å². The Bertz CT molecular complexity index is 912. The third-order valence-electron chi connectivity index (χ3n) is 3.95. The minimum Gasteiger partial charge on any atom is -0.497 e. The number of carbonyl (C=O) groups excluding carboxylic acids is 2. The van der Waals surface area contributed by atoms with Crippen molar-refractivity contribution < 1.29 is 19.1 Å². The van der Waals surface area contributed by atoms with E-state index in [0.29, 0.717) is 5.56 Å². The van der Waals surface area contributed by atoms with Crippen molar-refractivity contribution in [3.8, 4) is 11.5 Å². The number of hydrogen-bond acceptors (Lipinski definition) is 4. The van der Waals surface area contributed by atoms with Crippen LogP contribution in [0.4, 0.5) is 0 Å². The van der Waals surface area contributed by atoms with Crippen LogP contribution in [0.3, 0.4) is 0 Å². The predicted octanol–water partition coefficient (Wildman–Crippen LogP) is 8.27. The first-order chi connectivity index (χ1) is 14.4. The Labute approximate surface area is 195 Å². The van der Waals surface area contributed by atoms with Gasteiger partial charge in [0.2, 0.25) is 0 Å². The van der Waals surface area contributed by atoms with Crippen LogP contribution in [-0.4, -0.2) is 25.8 Å². The lowest BCUT2D eigenvalue weighted by molar-refractivity contribution is 0.100. The Balaban J connectivity index is -0.000000444. The van der Waals surface area contributed by atoms with E-state index >= 15 is 0 Å². The van der Waals surface area contributed by atoms with E-state index in [4.69, 9.17) is 9.47 Å². The summed E-state index contributed by atoms with van der Waals surface area (Å²) in [4.78, 5) is 22.0. The monoisotopic (exact) mass is 442 g/mol. The number of benzene rings is 3. The summed E-state index contributed by atoms with van der Waals surface area (Å²) in [6.45, 7) is 11.1. The summed E-state index contributed by atoms with van der Waals surface area (Å²) < 4.78 is 10.1. The van der Waals surface area contributed by atoms with Gasteiger partial charge < -0.3 is 9.47 Å². The van der Waals surface area contributed by atoms with Gasteiger partial charge in [-0.15, -0.1) is 0 Å². The Morgan fingerprint density at radius 1 is 0.562 bits per heavy atom. The van der Waals surface area contributed by atoms with E-state index < -0.39 is 0 Å². The number of carbonyl (C=O) groups is 2. The molecule has 0 spiro atoms. The van der Waals surface area contributed by atoms with Gasteiger partial charge in [0.1, 0.15) is 11.5 Å². The molecule has 0 bridgehead atoms. The second kappa shape index (κ2) is 18.6. The van der Waals surface area contributed by atoms with Crippen LogP contribution in [0.5, 0.6) is 11.5 Å². The summed E-state index contributed by atoms with van der Waals surface area (Å²) in [5.41, 5.74) is 1.46. The molecule has 3 aromatic rings. The zero-order valence-electron chi connectivity index (χ0n) is 19.4. The fourth-order valence-corrected chi connectivity index (χ4v) is 2.40. The lowest BCUT2D eigenvalue weighted by Crippen LogP contribution is -1.91. The molecule has 0 amide bonds. The van der Waals surface area contributed by atoms with Gasteiger partial charge >= 0.3 is 0 Å². The number of Topliss-reactive ketones (excluding diaryl/α,β-unsaturated/α-hetero) is 2. The van der Waals surface area contributed by atoms with Crippen LogP contribution in [0.2, 0.25) is 0 Å². The minimum absolute atomic E-state index is 0. The van der Waals surface area contributed by atoms with Gasteiger partial charge in [0.25, 0.3) is 0 Å². The Morgan fingerprint density at radius 3 is 1.38 bits per heavy atom. The van der Waals surface area contributed by atoms with Crippen molar-refractivity contribution in [3.63, 3.8) is 0 Å². The molecule has 0 N–H and O–H groups in total. The van der Waals surface area contributed by atoms with Crippen LogP contribution in [0, 0.1) is 0 Å². The van der Waals surface area contributed by atoms with E-state index in [0.717, 1.165) is 27.8 Å². The standard InChI is InChI=1S/C13H12O2.C9H10O2.2C2H6.2CH4/c1-9(14)10-3-4-12-8-13(15-2)6-5-11(12)7-10;1-7(10)8-3-5-9(11-2)6-4-8;2*1-2;;/h3-8H,1-2H3;3-6H,1-2H3;2*1-2H3;2*1H4. The molecule has 0 aliphatic heterocycles. The molecule has 178 valence electrons. The Morgan fingerprint density at radius 2 is 0.938 bits per heavy atom. The van der Waals surface area contributed by atoms with E-state index in [1.165, 1.54) is 0 Å². The molecule has 3 rings (SSSR count). The van der Waals surface area contributed by atoms with Crippen molar-refractivity contribution in [2.45, 2.75) is 56.4 Å². The number of methoxy groups -OCH3 is 2. The van der Waals surface area contributed by atoms with Gasteiger partial charge in [-0.25, -0.2) is 0 Å². The number of rotatable bonds is 4. The number of fused-ring (bicyclic) bond motifs is 1. The molecule has 0 atom stereocenters. The van der Waals surface area contributed by atoms with Crippen molar-refractivity contribution in [1.29, 1.82) is 0 Å². The summed E-state index contributed by atoms with van der Waals surface area (Å²) in [6, 6.07) is 18.5. The zero-order valence-corrected chi connectivity index (χ0v) is 19.4. The number of hydrogen-bond donors (Lipinski definition) is 0. The first-order valence-electron chi connectivity index (χ1n) is 10.2. The van der Waals surface area contributed by atoms with Gasteiger partial charge in [-0.1, -0.05) is 60.7 Å². The van der Waals surface area contributed by atoms with E-state index in [1.807, 2.05) is 64.1 Å². The molecule has 4 nitrogen and oxygen atoms in total. The highest BCUT2D eigenvalue weighted by atomic mass is 16.5. The molecule has 3 aromatic carbocycles. The van der Waals surface area contributed by atoms with Crippen molar-refractivity contribution in [2.24, 2.45) is 0 Å². The van der Waals surface area contributed by atoms with E-state index in [-0.39, 0.29) is 26.4 Å². The fourth-order valence-electron chi connectivity index (χ4n) is 2.40. The highest BCUT2D eigenvalue weighted by Crippen LogP contribution is 2.21. The quantitative estimate of drug-likeness (QED) is 0.381. The summed E-state index contributed by atoms with van der Waals surface area (Å²) >= 11 is 0. The van der Waals surface area contributed by atoms with Crippen molar-refractivity contribution >= 4 is 22.3 Å². The molecule has 4 heteroatoms. The lowest BCUT2D eigenvalue weighted by atomic mass is 10.0. The summed E-state index contributed by atoms with van der Waals surface area (Å²) in [6.07, 6.45) is 0. The largest absolute Gasteiger partial charge is 0.497 e. The number of ether oxygens (including phenoxy) is 2. The molecule has 0 fully saturated rings. The SMILES string of the molecule is C.C.CC.CC.COc1ccc(C(C)=O)cc1.COc1ccc2cc(C(C)=O)ccc2c1. The number of ketones is 2. The molecule has 0 aliphatic rings. The van der Waals surface area contributed by atoms with Crippen molar-refractivity contribution in [1.82, 2.24) is 0 Å². The first kappa shape index (κ1) is 33.5.